The van der Waals surface area contributed by atoms with Crippen molar-refractivity contribution in [2.24, 2.45) is 0 Å². The minimum absolute atomic E-state index is 0.0779. The van der Waals surface area contributed by atoms with Crippen molar-refractivity contribution in [3.63, 3.8) is 0 Å². The number of hydrogen-bond acceptors (Lipinski definition) is 2. The van der Waals surface area contributed by atoms with Gasteiger partial charge in [0.25, 0.3) is 5.91 Å². The zero-order valence-corrected chi connectivity index (χ0v) is 10.7. The minimum Gasteiger partial charge on any atom is -0.348 e. The molecule has 0 radical (unpaired) electrons. The molecule has 1 rings (SSSR count). The number of carbonyl (C=O) groups is 1. The maximum Gasteiger partial charge on any atom is 0.262 e. The lowest BCUT2D eigenvalue weighted by atomic mass is 10.1. The SMILES string of the molecule is C=CCNC(=O)/C(C#N)=C\c1ccc(Br)cc1. The average Bonchev–Trinajstić information content (AvgIpc) is 2.35. The number of rotatable bonds is 4. The first-order valence-electron chi connectivity index (χ1n) is 4.94. The van der Waals surface area contributed by atoms with Gasteiger partial charge >= 0.3 is 0 Å². The van der Waals surface area contributed by atoms with Crippen molar-refractivity contribution >= 4 is 27.9 Å². The standard InChI is InChI=1S/C13H11BrN2O/c1-2-7-16-13(17)11(9-15)8-10-3-5-12(14)6-4-10/h2-6,8H,1,7H2,(H,16,17)/b11-8-. The van der Waals surface area contributed by atoms with Gasteiger partial charge in [-0.2, -0.15) is 5.26 Å². The zero-order valence-electron chi connectivity index (χ0n) is 9.11. The van der Waals surface area contributed by atoms with Gasteiger partial charge in [-0.3, -0.25) is 4.79 Å². The monoisotopic (exact) mass is 290 g/mol. The van der Waals surface area contributed by atoms with Crippen molar-refractivity contribution in [2.75, 3.05) is 6.54 Å². The molecule has 1 aromatic rings. The number of benzene rings is 1. The Labute approximate surface area is 109 Å². The molecular formula is C13H11BrN2O. The van der Waals surface area contributed by atoms with Gasteiger partial charge in [-0.15, -0.1) is 6.58 Å². The van der Waals surface area contributed by atoms with Crippen LogP contribution in [0.4, 0.5) is 0 Å². The molecule has 0 aliphatic heterocycles. The third-order valence-electron chi connectivity index (χ3n) is 1.95. The van der Waals surface area contributed by atoms with Crippen LogP contribution < -0.4 is 5.32 Å². The molecule has 0 heterocycles. The van der Waals surface area contributed by atoms with E-state index in [1.54, 1.807) is 12.2 Å². The fourth-order valence-electron chi connectivity index (χ4n) is 1.13. The molecule has 0 unspecified atom stereocenters. The van der Waals surface area contributed by atoms with Crippen LogP contribution in [0.25, 0.3) is 6.08 Å². The smallest absolute Gasteiger partial charge is 0.262 e. The molecule has 3 nitrogen and oxygen atoms in total. The van der Waals surface area contributed by atoms with Gasteiger partial charge in [0, 0.05) is 11.0 Å². The molecule has 17 heavy (non-hydrogen) atoms. The molecule has 0 aromatic heterocycles. The first kappa shape index (κ1) is 13.2. The number of halogens is 1. The van der Waals surface area contributed by atoms with Crippen LogP contribution in [0.15, 0.2) is 47.0 Å². The topological polar surface area (TPSA) is 52.9 Å². The molecule has 0 saturated carbocycles. The number of nitrogens with one attached hydrogen (secondary N) is 1. The number of amides is 1. The number of nitrogens with zero attached hydrogens (tertiary/aromatic N) is 1. The second-order valence-corrected chi connectivity index (χ2v) is 4.14. The van der Waals surface area contributed by atoms with Crippen LogP contribution in [-0.2, 0) is 4.79 Å². The molecule has 86 valence electrons. The molecule has 0 saturated heterocycles. The quantitative estimate of drug-likeness (QED) is 0.527. The van der Waals surface area contributed by atoms with E-state index in [0.29, 0.717) is 6.54 Å². The zero-order chi connectivity index (χ0) is 12.7. The highest BCUT2D eigenvalue weighted by Gasteiger charge is 2.06. The van der Waals surface area contributed by atoms with Crippen LogP contribution in [0, 0.1) is 11.3 Å². The van der Waals surface area contributed by atoms with Crippen LogP contribution in [0.5, 0.6) is 0 Å². The average molecular weight is 291 g/mol. The van der Waals surface area contributed by atoms with E-state index in [0.717, 1.165) is 10.0 Å². The van der Waals surface area contributed by atoms with Crippen molar-refractivity contribution in [1.82, 2.24) is 5.32 Å². The normalized spacial score (nSPS) is 10.5. The molecule has 1 amide bonds. The Hall–Kier alpha value is -1.86. The Morgan fingerprint density at radius 2 is 2.12 bits per heavy atom. The Morgan fingerprint density at radius 3 is 2.65 bits per heavy atom. The third kappa shape index (κ3) is 4.25. The molecule has 1 N–H and O–H groups in total. The molecule has 1 aromatic carbocycles. The fraction of sp³-hybridized carbons (Fsp3) is 0.0769. The number of hydrogen-bond donors (Lipinski definition) is 1. The van der Waals surface area contributed by atoms with Gasteiger partial charge in [0.2, 0.25) is 0 Å². The van der Waals surface area contributed by atoms with Crippen LogP contribution in [0.3, 0.4) is 0 Å². The summed E-state index contributed by atoms with van der Waals surface area (Å²) in [5.74, 6) is -0.393. The van der Waals surface area contributed by atoms with Crippen LogP contribution in [0.1, 0.15) is 5.56 Å². The lowest BCUT2D eigenvalue weighted by molar-refractivity contribution is -0.116. The highest BCUT2D eigenvalue weighted by Crippen LogP contribution is 2.13. The molecule has 0 atom stereocenters. The van der Waals surface area contributed by atoms with Gasteiger partial charge in [-0.05, 0) is 23.8 Å². The van der Waals surface area contributed by atoms with E-state index in [-0.39, 0.29) is 5.57 Å². The van der Waals surface area contributed by atoms with Crippen molar-refractivity contribution in [2.45, 2.75) is 0 Å². The predicted molar refractivity (Wildman–Crippen MR) is 70.9 cm³/mol. The van der Waals surface area contributed by atoms with E-state index in [2.05, 4.69) is 27.8 Å². The van der Waals surface area contributed by atoms with E-state index < -0.39 is 5.91 Å². The lowest BCUT2D eigenvalue weighted by Gasteiger charge is -2.00. The summed E-state index contributed by atoms with van der Waals surface area (Å²) in [5, 5.41) is 11.5. The molecular weight excluding hydrogens is 280 g/mol. The molecule has 0 fully saturated rings. The summed E-state index contributed by atoms with van der Waals surface area (Å²) in [5.41, 5.74) is 0.882. The summed E-state index contributed by atoms with van der Waals surface area (Å²) in [7, 11) is 0. The van der Waals surface area contributed by atoms with Gasteiger partial charge < -0.3 is 5.32 Å². The highest BCUT2D eigenvalue weighted by molar-refractivity contribution is 9.10. The first-order valence-corrected chi connectivity index (χ1v) is 5.73. The second-order valence-electron chi connectivity index (χ2n) is 3.22. The highest BCUT2D eigenvalue weighted by atomic mass is 79.9. The maximum absolute atomic E-state index is 11.5. The molecule has 4 heteroatoms. The Kier molecular flexibility index (Phi) is 5.18. The molecule has 0 spiro atoms. The molecule has 0 bridgehead atoms. The van der Waals surface area contributed by atoms with Gasteiger partial charge in [-0.1, -0.05) is 34.1 Å². The van der Waals surface area contributed by atoms with E-state index in [4.69, 9.17) is 5.26 Å². The van der Waals surface area contributed by atoms with Gasteiger partial charge in [0.15, 0.2) is 0 Å². The Bertz CT molecular complexity index is 483. The fourth-order valence-corrected chi connectivity index (χ4v) is 1.40. The second kappa shape index (κ2) is 6.66. The Balaban J connectivity index is 2.87. The summed E-state index contributed by atoms with van der Waals surface area (Å²) in [6.45, 7) is 3.83. The molecule has 0 aliphatic rings. The summed E-state index contributed by atoms with van der Waals surface area (Å²) in [6.07, 6.45) is 3.11. The summed E-state index contributed by atoms with van der Waals surface area (Å²) >= 11 is 3.32. The molecule has 0 aliphatic carbocycles. The van der Waals surface area contributed by atoms with Crippen molar-refractivity contribution in [3.8, 4) is 6.07 Å². The van der Waals surface area contributed by atoms with Crippen molar-refractivity contribution in [1.29, 1.82) is 5.26 Å². The van der Waals surface area contributed by atoms with Gasteiger partial charge in [0.1, 0.15) is 11.6 Å². The van der Waals surface area contributed by atoms with Crippen LogP contribution >= 0.6 is 15.9 Å². The summed E-state index contributed by atoms with van der Waals surface area (Å²) in [4.78, 5) is 11.5. The van der Waals surface area contributed by atoms with Crippen LogP contribution in [-0.4, -0.2) is 12.5 Å². The van der Waals surface area contributed by atoms with E-state index in [9.17, 15) is 4.79 Å². The van der Waals surface area contributed by atoms with Crippen molar-refractivity contribution < 1.29 is 4.79 Å². The minimum atomic E-state index is -0.393. The van der Waals surface area contributed by atoms with E-state index >= 15 is 0 Å². The number of nitriles is 1. The third-order valence-corrected chi connectivity index (χ3v) is 2.48. The number of carbonyl (C=O) groups excluding carboxylic acids is 1. The lowest BCUT2D eigenvalue weighted by Crippen LogP contribution is -2.24. The largest absolute Gasteiger partial charge is 0.348 e. The maximum atomic E-state index is 11.5. The van der Waals surface area contributed by atoms with E-state index in [1.807, 2.05) is 30.3 Å². The van der Waals surface area contributed by atoms with E-state index in [1.165, 1.54) is 0 Å². The Morgan fingerprint density at radius 1 is 1.47 bits per heavy atom. The van der Waals surface area contributed by atoms with Crippen molar-refractivity contribution in [3.05, 3.63) is 52.5 Å². The van der Waals surface area contributed by atoms with Crippen LogP contribution in [0.2, 0.25) is 0 Å². The summed E-state index contributed by atoms with van der Waals surface area (Å²) < 4.78 is 0.948. The first-order chi connectivity index (χ1) is 8.17. The predicted octanol–water partition coefficient (Wildman–Crippen LogP) is 2.66. The van der Waals surface area contributed by atoms with Gasteiger partial charge in [-0.25, -0.2) is 0 Å². The summed E-state index contributed by atoms with van der Waals surface area (Å²) in [6, 6.07) is 9.22. The van der Waals surface area contributed by atoms with Gasteiger partial charge in [0.05, 0.1) is 0 Å².